The predicted octanol–water partition coefficient (Wildman–Crippen LogP) is 3.31. The molecular formula is C20H22FNO5. The van der Waals surface area contributed by atoms with Gasteiger partial charge in [0, 0.05) is 17.7 Å². The Kier molecular flexibility index (Phi) is 6.87. The van der Waals surface area contributed by atoms with E-state index in [1.165, 1.54) is 6.07 Å². The Balaban J connectivity index is 1.94. The fraction of sp³-hybridized carbons (Fsp3) is 0.350. The standard InChI is InChI=1S/C20H22FNO5/c1-4-26-20(25)19-12(2)18(13(3)22-19)16(23)11-27-17(24)10-9-14-7-5-6-8-15(14)21/h5-8,22H,4,9-11H2,1-3H3. The average Bonchev–Trinajstić information content (AvgIpc) is 2.93. The zero-order chi connectivity index (χ0) is 20.0. The van der Waals surface area contributed by atoms with Crippen molar-refractivity contribution in [3.8, 4) is 0 Å². The SMILES string of the molecule is CCOC(=O)c1[nH]c(C)c(C(=O)COC(=O)CCc2ccccc2F)c1C. The topological polar surface area (TPSA) is 85.5 Å². The van der Waals surface area contributed by atoms with Crippen molar-refractivity contribution in [2.75, 3.05) is 13.2 Å². The fourth-order valence-corrected chi connectivity index (χ4v) is 2.80. The number of benzene rings is 1. The number of rotatable bonds is 8. The lowest BCUT2D eigenvalue weighted by molar-refractivity contribution is -0.142. The van der Waals surface area contributed by atoms with Crippen molar-refractivity contribution in [2.24, 2.45) is 0 Å². The van der Waals surface area contributed by atoms with Gasteiger partial charge in [-0.15, -0.1) is 0 Å². The van der Waals surface area contributed by atoms with Crippen LogP contribution in [-0.4, -0.2) is 35.9 Å². The van der Waals surface area contributed by atoms with Gasteiger partial charge in [-0.1, -0.05) is 18.2 Å². The summed E-state index contributed by atoms with van der Waals surface area (Å²) in [5, 5.41) is 0. The van der Waals surface area contributed by atoms with Gasteiger partial charge in [0.2, 0.25) is 5.78 Å². The summed E-state index contributed by atoms with van der Waals surface area (Å²) in [6.07, 6.45) is 0.155. The first-order valence-corrected chi connectivity index (χ1v) is 8.63. The van der Waals surface area contributed by atoms with Crippen molar-refractivity contribution in [3.05, 3.63) is 58.2 Å². The summed E-state index contributed by atoms with van der Waals surface area (Å²) in [5.41, 5.74) is 1.89. The molecule has 6 nitrogen and oxygen atoms in total. The number of aryl methyl sites for hydroxylation is 2. The van der Waals surface area contributed by atoms with Crippen molar-refractivity contribution in [3.63, 3.8) is 0 Å². The molecule has 0 bridgehead atoms. The van der Waals surface area contributed by atoms with Crippen LogP contribution in [0, 0.1) is 19.7 Å². The van der Waals surface area contributed by atoms with E-state index in [-0.39, 0.29) is 31.0 Å². The summed E-state index contributed by atoms with van der Waals surface area (Å²) in [7, 11) is 0. The van der Waals surface area contributed by atoms with Crippen molar-refractivity contribution < 1.29 is 28.2 Å². The van der Waals surface area contributed by atoms with E-state index in [1.807, 2.05) is 0 Å². The summed E-state index contributed by atoms with van der Waals surface area (Å²) >= 11 is 0. The highest BCUT2D eigenvalue weighted by molar-refractivity contribution is 6.03. The largest absolute Gasteiger partial charge is 0.461 e. The second-order valence-corrected chi connectivity index (χ2v) is 6.02. The van der Waals surface area contributed by atoms with Gasteiger partial charge in [0.05, 0.1) is 6.61 Å². The minimum Gasteiger partial charge on any atom is -0.461 e. The van der Waals surface area contributed by atoms with E-state index in [2.05, 4.69) is 4.98 Å². The summed E-state index contributed by atoms with van der Waals surface area (Å²) in [6.45, 7) is 4.75. The molecule has 0 fully saturated rings. The molecule has 0 saturated carbocycles. The molecule has 7 heteroatoms. The maximum Gasteiger partial charge on any atom is 0.355 e. The highest BCUT2D eigenvalue weighted by Gasteiger charge is 2.23. The monoisotopic (exact) mass is 375 g/mol. The van der Waals surface area contributed by atoms with Crippen molar-refractivity contribution in [1.29, 1.82) is 0 Å². The number of carbonyl (C=O) groups is 3. The molecule has 0 spiro atoms. The lowest BCUT2D eigenvalue weighted by Gasteiger charge is -2.06. The third-order valence-corrected chi connectivity index (χ3v) is 4.12. The van der Waals surface area contributed by atoms with E-state index < -0.39 is 24.3 Å². The molecule has 0 saturated heterocycles. The minimum atomic E-state index is -0.594. The Morgan fingerprint density at radius 3 is 2.48 bits per heavy atom. The second kappa shape index (κ2) is 9.12. The number of hydrogen-bond acceptors (Lipinski definition) is 5. The lowest BCUT2D eigenvalue weighted by Crippen LogP contribution is -2.16. The molecule has 0 aliphatic carbocycles. The molecule has 1 N–H and O–H groups in total. The number of esters is 2. The maximum absolute atomic E-state index is 13.5. The Morgan fingerprint density at radius 1 is 1.11 bits per heavy atom. The molecule has 2 rings (SSSR count). The number of aromatic amines is 1. The van der Waals surface area contributed by atoms with Gasteiger partial charge in [-0.05, 0) is 44.4 Å². The van der Waals surface area contributed by atoms with Crippen LogP contribution in [0.25, 0.3) is 0 Å². The second-order valence-electron chi connectivity index (χ2n) is 6.02. The summed E-state index contributed by atoms with van der Waals surface area (Å²) < 4.78 is 23.5. The van der Waals surface area contributed by atoms with Gasteiger partial charge in [-0.25, -0.2) is 9.18 Å². The quantitative estimate of drug-likeness (QED) is 0.565. The van der Waals surface area contributed by atoms with Gasteiger partial charge in [0.1, 0.15) is 11.5 Å². The van der Waals surface area contributed by atoms with Gasteiger partial charge in [0.15, 0.2) is 6.61 Å². The van der Waals surface area contributed by atoms with Gasteiger partial charge >= 0.3 is 11.9 Å². The van der Waals surface area contributed by atoms with E-state index in [9.17, 15) is 18.8 Å². The molecule has 27 heavy (non-hydrogen) atoms. The smallest absolute Gasteiger partial charge is 0.355 e. The molecule has 1 aromatic heterocycles. The molecule has 0 aliphatic heterocycles. The summed E-state index contributed by atoms with van der Waals surface area (Å²) in [6, 6.07) is 6.17. The number of hydrogen-bond donors (Lipinski definition) is 1. The maximum atomic E-state index is 13.5. The molecule has 0 amide bonds. The number of H-pyrrole nitrogens is 1. The Labute approximate surface area is 156 Å². The number of ketones is 1. The lowest BCUT2D eigenvalue weighted by atomic mass is 10.1. The Morgan fingerprint density at radius 2 is 1.81 bits per heavy atom. The first-order valence-electron chi connectivity index (χ1n) is 8.63. The van der Waals surface area contributed by atoms with Crippen LogP contribution in [0.3, 0.4) is 0 Å². The number of nitrogens with one attached hydrogen (secondary N) is 1. The molecule has 1 heterocycles. The number of ether oxygens (including phenoxy) is 2. The molecule has 2 aromatic rings. The highest BCUT2D eigenvalue weighted by atomic mass is 19.1. The number of halogens is 1. The van der Waals surface area contributed by atoms with Crippen molar-refractivity contribution >= 4 is 17.7 Å². The number of aromatic nitrogens is 1. The normalized spacial score (nSPS) is 10.5. The van der Waals surface area contributed by atoms with E-state index in [1.54, 1.807) is 39.0 Å². The van der Waals surface area contributed by atoms with E-state index in [4.69, 9.17) is 9.47 Å². The Bertz CT molecular complexity index is 856. The van der Waals surface area contributed by atoms with Crippen molar-refractivity contribution in [2.45, 2.75) is 33.6 Å². The van der Waals surface area contributed by atoms with E-state index in [0.29, 0.717) is 22.4 Å². The molecular weight excluding hydrogens is 353 g/mol. The van der Waals surface area contributed by atoms with Crippen LogP contribution in [0.5, 0.6) is 0 Å². The van der Waals surface area contributed by atoms with Crippen LogP contribution in [0.15, 0.2) is 24.3 Å². The van der Waals surface area contributed by atoms with Crippen LogP contribution in [0.1, 0.15) is 51.0 Å². The average molecular weight is 375 g/mol. The molecule has 0 aliphatic rings. The molecule has 0 atom stereocenters. The van der Waals surface area contributed by atoms with E-state index in [0.717, 1.165) is 0 Å². The molecule has 144 valence electrons. The predicted molar refractivity (Wildman–Crippen MR) is 96.2 cm³/mol. The van der Waals surface area contributed by atoms with Crippen LogP contribution < -0.4 is 0 Å². The molecule has 0 radical (unpaired) electrons. The van der Waals surface area contributed by atoms with Gasteiger partial charge in [-0.3, -0.25) is 9.59 Å². The number of Topliss-reactive ketones (excluding diaryl/α,β-unsaturated/α-hetero) is 1. The van der Waals surface area contributed by atoms with Crippen LogP contribution in [0.4, 0.5) is 4.39 Å². The molecule has 1 aromatic carbocycles. The van der Waals surface area contributed by atoms with Crippen molar-refractivity contribution in [1.82, 2.24) is 4.98 Å². The van der Waals surface area contributed by atoms with Gasteiger partial charge in [-0.2, -0.15) is 0 Å². The van der Waals surface area contributed by atoms with Crippen LogP contribution in [0.2, 0.25) is 0 Å². The van der Waals surface area contributed by atoms with E-state index >= 15 is 0 Å². The third-order valence-electron chi connectivity index (χ3n) is 4.12. The summed E-state index contributed by atoms with van der Waals surface area (Å²) in [4.78, 5) is 39.0. The fourth-order valence-electron chi connectivity index (χ4n) is 2.80. The first-order chi connectivity index (χ1) is 12.8. The minimum absolute atomic E-state index is 0.0343. The Hall–Kier alpha value is -2.96. The number of carbonyl (C=O) groups excluding carboxylic acids is 3. The first kappa shape index (κ1) is 20.4. The molecule has 0 unspecified atom stereocenters. The third kappa shape index (κ3) is 5.03. The van der Waals surface area contributed by atoms with Crippen LogP contribution in [-0.2, 0) is 20.7 Å². The van der Waals surface area contributed by atoms with Crippen LogP contribution >= 0.6 is 0 Å². The zero-order valence-electron chi connectivity index (χ0n) is 15.6. The van der Waals surface area contributed by atoms with Gasteiger partial charge in [0.25, 0.3) is 0 Å². The summed E-state index contributed by atoms with van der Waals surface area (Å²) in [5.74, 6) is -1.94. The van der Waals surface area contributed by atoms with Gasteiger partial charge < -0.3 is 14.5 Å². The zero-order valence-corrected chi connectivity index (χ0v) is 15.6. The highest BCUT2D eigenvalue weighted by Crippen LogP contribution is 2.19.